The maximum atomic E-state index is 12.2. The molecule has 0 spiro atoms. The van der Waals surface area contributed by atoms with E-state index in [2.05, 4.69) is 0 Å². The van der Waals surface area contributed by atoms with Gasteiger partial charge in [-0.1, -0.05) is 24.3 Å². The monoisotopic (exact) mass is 321 g/mol. The summed E-state index contributed by atoms with van der Waals surface area (Å²) >= 11 is 0. The summed E-state index contributed by atoms with van der Waals surface area (Å²) in [4.78, 5) is 12.2. The molecule has 4 N–H and O–H groups in total. The number of carbonyl (C=O) groups is 1. The number of carbonyl (C=O) groups excluding carboxylic acids is 1. The van der Waals surface area contributed by atoms with Crippen LogP contribution < -0.4 is 0 Å². The molecule has 22 heavy (non-hydrogen) atoms. The number of aliphatic hydroxyl groups is 1. The van der Waals surface area contributed by atoms with Crippen molar-refractivity contribution in [3.8, 4) is 11.5 Å². The highest BCUT2D eigenvalue weighted by Gasteiger charge is 2.41. The summed E-state index contributed by atoms with van der Waals surface area (Å²) in [6.07, 6.45) is 0.536. The van der Waals surface area contributed by atoms with Gasteiger partial charge in [-0.05, 0) is 6.08 Å². The standard InChI is InChI=1S/C14H9O7S/c15-8-5-9(22(19,20)21)14(18)11-10(8)12(16)6-3-1-2-4-7(6)13(11)17/h1-5,15-17H,(H,19,20,21). The summed E-state index contributed by atoms with van der Waals surface area (Å²) in [6.45, 7) is 0. The molecule has 0 heterocycles. The zero-order valence-corrected chi connectivity index (χ0v) is 11.6. The number of phenolic OH excluding ortho intramolecular Hbond substituents is 2. The van der Waals surface area contributed by atoms with Crippen LogP contribution in [0.2, 0.25) is 0 Å². The van der Waals surface area contributed by atoms with E-state index in [1.165, 1.54) is 12.1 Å². The number of ketones is 1. The predicted molar refractivity (Wildman–Crippen MR) is 77.0 cm³/mol. The van der Waals surface area contributed by atoms with Gasteiger partial charge in [0.15, 0.2) is 5.78 Å². The molecule has 7 nitrogen and oxygen atoms in total. The Labute approximate surface area is 124 Å². The average Bonchev–Trinajstić information content (AvgIpc) is 2.45. The van der Waals surface area contributed by atoms with E-state index < -0.39 is 44.0 Å². The Hall–Kier alpha value is -2.58. The highest BCUT2D eigenvalue weighted by atomic mass is 32.2. The normalized spacial score (nSPS) is 15.7. The fraction of sp³-hybridized carbons (Fsp3) is 0. The van der Waals surface area contributed by atoms with Crippen LogP contribution in [0, 0.1) is 5.25 Å². The zero-order valence-electron chi connectivity index (χ0n) is 10.8. The fourth-order valence-corrected chi connectivity index (χ4v) is 3.05. The van der Waals surface area contributed by atoms with Crippen molar-refractivity contribution in [3.63, 3.8) is 0 Å². The number of aromatic hydroxyl groups is 2. The molecule has 0 amide bonds. The van der Waals surface area contributed by atoms with E-state index >= 15 is 0 Å². The molecule has 0 saturated carbocycles. The van der Waals surface area contributed by atoms with E-state index in [4.69, 9.17) is 4.55 Å². The van der Waals surface area contributed by atoms with Gasteiger partial charge in [-0.25, -0.2) is 0 Å². The van der Waals surface area contributed by atoms with Crippen molar-refractivity contribution in [1.82, 2.24) is 0 Å². The highest BCUT2D eigenvalue weighted by Crippen LogP contribution is 2.46. The van der Waals surface area contributed by atoms with Crippen LogP contribution in [-0.4, -0.2) is 34.1 Å². The van der Waals surface area contributed by atoms with Crippen molar-refractivity contribution in [1.29, 1.82) is 0 Å². The molecule has 2 aromatic rings. The van der Waals surface area contributed by atoms with Gasteiger partial charge in [-0.15, -0.1) is 0 Å². The third kappa shape index (κ3) is 1.85. The van der Waals surface area contributed by atoms with Gasteiger partial charge in [-0.3, -0.25) is 9.35 Å². The summed E-state index contributed by atoms with van der Waals surface area (Å²) in [7, 11) is -4.90. The molecule has 0 unspecified atom stereocenters. The second-order valence-electron chi connectivity index (χ2n) is 4.69. The van der Waals surface area contributed by atoms with E-state index in [-0.39, 0.29) is 16.3 Å². The molecule has 113 valence electrons. The van der Waals surface area contributed by atoms with E-state index in [0.717, 1.165) is 0 Å². The summed E-state index contributed by atoms with van der Waals surface area (Å²) in [6, 6.07) is 6.00. The van der Waals surface area contributed by atoms with E-state index in [1.54, 1.807) is 12.1 Å². The maximum absolute atomic E-state index is 12.2. The molecule has 0 atom stereocenters. The molecule has 0 aliphatic heterocycles. The lowest BCUT2D eigenvalue weighted by Gasteiger charge is -2.21. The van der Waals surface area contributed by atoms with Crippen molar-refractivity contribution in [3.05, 3.63) is 46.7 Å². The third-order valence-electron chi connectivity index (χ3n) is 3.41. The minimum absolute atomic E-state index is 0.108. The Kier molecular flexibility index (Phi) is 2.91. The minimum atomic E-state index is -4.90. The molecule has 0 fully saturated rings. The van der Waals surface area contributed by atoms with Crippen LogP contribution in [0.15, 0.2) is 30.3 Å². The van der Waals surface area contributed by atoms with Crippen molar-refractivity contribution in [2.24, 2.45) is 0 Å². The molecule has 1 aliphatic carbocycles. The topological polar surface area (TPSA) is 132 Å². The Balaban J connectivity index is 2.46. The molecule has 8 heteroatoms. The Morgan fingerprint density at radius 1 is 0.864 bits per heavy atom. The van der Waals surface area contributed by atoms with Gasteiger partial charge in [-0.2, -0.15) is 8.42 Å². The maximum Gasteiger partial charge on any atom is 0.284 e. The van der Waals surface area contributed by atoms with Crippen molar-refractivity contribution in [2.45, 2.75) is 0 Å². The number of phenols is 2. The lowest BCUT2D eigenvalue weighted by molar-refractivity contribution is 0.102. The molecule has 1 aliphatic rings. The number of rotatable bonds is 1. The number of Topliss-reactive ketones (excluding diaryl/α,β-unsaturated/α-hetero) is 1. The van der Waals surface area contributed by atoms with Crippen LogP contribution in [0.25, 0.3) is 16.5 Å². The summed E-state index contributed by atoms with van der Waals surface area (Å²) in [5.41, 5.74) is -0.961. The van der Waals surface area contributed by atoms with Crippen molar-refractivity contribution in [2.75, 3.05) is 0 Å². The van der Waals surface area contributed by atoms with Gasteiger partial charge in [0.05, 0.1) is 11.1 Å². The SMILES string of the molecule is O=C1[C](S(=O)(=O)O)C=C(O)c2c1c(O)c1ccccc1c2O. The summed E-state index contributed by atoms with van der Waals surface area (Å²) in [5.74, 6) is -3.02. The molecule has 2 aromatic carbocycles. The quantitative estimate of drug-likeness (QED) is 0.465. The second kappa shape index (κ2) is 4.46. The molecule has 0 aromatic heterocycles. The number of aliphatic hydroxyl groups excluding tert-OH is 1. The van der Waals surface area contributed by atoms with Crippen LogP contribution in [0.1, 0.15) is 15.9 Å². The average molecular weight is 321 g/mol. The van der Waals surface area contributed by atoms with Gasteiger partial charge in [0.25, 0.3) is 10.1 Å². The minimum Gasteiger partial charge on any atom is -0.507 e. The van der Waals surface area contributed by atoms with Gasteiger partial charge >= 0.3 is 0 Å². The zero-order chi connectivity index (χ0) is 16.2. The van der Waals surface area contributed by atoms with Gasteiger partial charge in [0.1, 0.15) is 17.3 Å². The lowest BCUT2D eigenvalue weighted by Crippen LogP contribution is -2.24. The number of hydrogen-bond acceptors (Lipinski definition) is 6. The predicted octanol–water partition coefficient (Wildman–Crippen LogP) is 1.77. The molecule has 0 bridgehead atoms. The van der Waals surface area contributed by atoms with Gasteiger partial charge in [0.2, 0.25) is 5.25 Å². The largest absolute Gasteiger partial charge is 0.507 e. The van der Waals surface area contributed by atoms with Crippen LogP contribution in [0.4, 0.5) is 0 Å². The first-order valence-corrected chi connectivity index (χ1v) is 7.44. The van der Waals surface area contributed by atoms with E-state index in [1.807, 2.05) is 0 Å². The first-order valence-electron chi connectivity index (χ1n) is 6.00. The number of hydrogen-bond donors (Lipinski definition) is 4. The highest BCUT2D eigenvalue weighted by molar-refractivity contribution is 7.90. The fourth-order valence-electron chi connectivity index (χ4n) is 2.45. The first kappa shape index (κ1) is 14.4. The van der Waals surface area contributed by atoms with Crippen LogP contribution in [0.3, 0.4) is 0 Å². The van der Waals surface area contributed by atoms with Gasteiger partial charge < -0.3 is 15.3 Å². The smallest absolute Gasteiger partial charge is 0.284 e. The third-order valence-corrected chi connectivity index (χ3v) is 4.27. The Bertz CT molecular complexity index is 957. The van der Waals surface area contributed by atoms with E-state index in [0.29, 0.717) is 6.08 Å². The van der Waals surface area contributed by atoms with E-state index in [9.17, 15) is 28.5 Å². The molecular weight excluding hydrogens is 312 g/mol. The molecule has 1 radical (unpaired) electrons. The molecular formula is C14H9O7S. The molecule has 0 saturated heterocycles. The Morgan fingerprint density at radius 3 is 1.86 bits per heavy atom. The number of benzene rings is 2. The second-order valence-corrected chi connectivity index (χ2v) is 6.08. The van der Waals surface area contributed by atoms with Crippen LogP contribution in [-0.2, 0) is 10.1 Å². The van der Waals surface area contributed by atoms with Crippen molar-refractivity contribution < 1.29 is 33.1 Å². The lowest BCUT2D eigenvalue weighted by atomic mass is 9.89. The van der Waals surface area contributed by atoms with Crippen LogP contribution >= 0.6 is 0 Å². The van der Waals surface area contributed by atoms with Crippen molar-refractivity contribution >= 4 is 32.4 Å². The Morgan fingerprint density at radius 2 is 1.36 bits per heavy atom. The molecule has 3 rings (SSSR count). The number of fused-ring (bicyclic) bond motifs is 2. The summed E-state index contributed by atoms with van der Waals surface area (Å²) in [5, 5.41) is 29.6. The summed E-state index contributed by atoms with van der Waals surface area (Å²) < 4.78 is 31.5. The van der Waals surface area contributed by atoms with Crippen LogP contribution in [0.5, 0.6) is 11.5 Å². The van der Waals surface area contributed by atoms with Gasteiger partial charge in [0, 0.05) is 10.8 Å². The first-order chi connectivity index (χ1) is 10.2.